The summed E-state index contributed by atoms with van der Waals surface area (Å²) < 4.78 is 20.8. The lowest BCUT2D eigenvalue weighted by atomic mass is 10.7. The Kier molecular flexibility index (Phi) is 4.41. The van der Waals surface area contributed by atoms with Gasteiger partial charge in [0.1, 0.15) is 13.2 Å². The molecule has 2 saturated heterocycles. The van der Waals surface area contributed by atoms with Gasteiger partial charge in [0.25, 0.3) is 0 Å². The van der Waals surface area contributed by atoms with Crippen LogP contribution in [-0.2, 0) is 14.0 Å². The molecule has 1 atom stereocenters. The third-order valence-electron chi connectivity index (χ3n) is 2.17. The van der Waals surface area contributed by atoms with Crippen molar-refractivity contribution in [3.05, 3.63) is 0 Å². The predicted molar refractivity (Wildman–Crippen MR) is 59.2 cm³/mol. The highest BCUT2D eigenvalue weighted by Crippen LogP contribution is 2.40. The molecule has 2 amide bonds. The number of hydrogen-bond acceptors (Lipinski definition) is 5. The molecule has 2 fully saturated rings. The van der Waals surface area contributed by atoms with Crippen LogP contribution in [0.4, 0.5) is 9.59 Å². The summed E-state index contributed by atoms with van der Waals surface area (Å²) in [7, 11) is -4.37. The highest BCUT2D eigenvalue weighted by atomic mass is 35.5. The molecule has 12 heteroatoms. The van der Waals surface area contributed by atoms with E-state index in [0.717, 1.165) is 10.0 Å². The molecule has 2 aliphatic rings. The van der Waals surface area contributed by atoms with Crippen LogP contribution in [0.3, 0.4) is 0 Å². The maximum atomic E-state index is 11.5. The van der Waals surface area contributed by atoms with Crippen molar-refractivity contribution in [2.24, 2.45) is 5.50 Å². The summed E-state index contributed by atoms with van der Waals surface area (Å²) in [6, 6.07) is 0. The molecular weight excluding hydrogens is 291 g/mol. The van der Waals surface area contributed by atoms with Gasteiger partial charge in [0.15, 0.2) is 0 Å². The number of nitrogens with zero attached hydrogens (tertiary/aromatic N) is 3. The smallest absolute Gasteiger partial charge is 0.426 e. The average Bonchev–Trinajstić information content (AvgIpc) is 2.77. The third-order valence-corrected chi connectivity index (χ3v) is 3.11. The molecule has 10 nitrogen and oxygen atoms in total. The first-order valence-electron chi connectivity index (χ1n) is 4.71. The van der Waals surface area contributed by atoms with E-state index in [1.807, 2.05) is 0 Å². The normalized spacial score (nSPS) is 22.6. The Balaban J connectivity index is 0.00000162. The third kappa shape index (κ3) is 2.68. The number of cyclic esters (lactones) is 2. The van der Waals surface area contributed by atoms with E-state index in [1.165, 1.54) is 0 Å². The number of hydrogen-bond donors (Lipinski definition) is 2. The molecule has 0 saturated carbocycles. The SMILES string of the molecule is Cl.NP(=O)(O)N(N1CCOC1=O)N1CCOC1=O. The highest BCUT2D eigenvalue weighted by molar-refractivity contribution is 7.52. The fourth-order valence-electron chi connectivity index (χ4n) is 1.54. The Morgan fingerprint density at radius 1 is 1.17 bits per heavy atom. The first kappa shape index (κ1) is 15.0. The van der Waals surface area contributed by atoms with Gasteiger partial charge < -0.3 is 14.4 Å². The van der Waals surface area contributed by atoms with E-state index in [0.29, 0.717) is 4.89 Å². The van der Waals surface area contributed by atoms with Crippen molar-refractivity contribution in [3.63, 3.8) is 0 Å². The molecule has 0 aromatic heterocycles. The van der Waals surface area contributed by atoms with Crippen molar-refractivity contribution in [1.29, 1.82) is 0 Å². The Bertz CT molecular complexity index is 376. The number of hydrazine groups is 2. The van der Waals surface area contributed by atoms with Gasteiger partial charge >= 0.3 is 19.9 Å². The molecule has 104 valence electrons. The topological polar surface area (TPSA) is 126 Å². The van der Waals surface area contributed by atoms with Crippen LogP contribution in [0.5, 0.6) is 0 Å². The second-order valence-electron chi connectivity index (χ2n) is 3.33. The molecule has 1 unspecified atom stereocenters. The fourth-order valence-corrected chi connectivity index (χ4v) is 2.48. The van der Waals surface area contributed by atoms with Gasteiger partial charge in [-0.1, -0.05) is 0 Å². The van der Waals surface area contributed by atoms with Gasteiger partial charge in [-0.3, -0.25) is 4.57 Å². The van der Waals surface area contributed by atoms with Crippen molar-refractivity contribution in [2.75, 3.05) is 26.3 Å². The lowest BCUT2D eigenvalue weighted by Gasteiger charge is -2.34. The number of carbonyl (C=O) groups excluding carboxylic acids is 2. The number of ether oxygens (including phenoxy) is 2. The molecule has 3 N–H and O–H groups in total. The second-order valence-corrected chi connectivity index (χ2v) is 4.87. The fraction of sp³-hybridized carbons (Fsp3) is 0.667. The van der Waals surface area contributed by atoms with Crippen molar-refractivity contribution in [2.45, 2.75) is 0 Å². The van der Waals surface area contributed by atoms with E-state index in [2.05, 4.69) is 9.47 Å². The number of halogens is 1. The molecule has 0 aliphatic carbocycles. The standard InChI is InChI=1S/C6H11N4O6P.ClH/c7-17(13,14)10(8-1-3-15-5(8)11)9-2-4-16-6(9)12;/h1-4H2,(H3,7,13,14);1H. The van der Waals surface area contributed by atoms with Crippen molar-refractivity contribution >= 4 is 32.3 Å². The number of amides is 2. The Labute approximate surface area is 108 Å². The van der Waals surface area contributed by atoms with E-state index in [-0.39, 0.29) is 38.7 Å². The van der Waals surface area contributed by atoms with Gasteiger partial charge in [-0.15, -0.1) is 12.4 Å². The maximum Gasteiger partial charge on any atom is 0.426 e. The van der Waals surface area contributed by atoms with Gasteiger partial charge in [0, 0.05) is 0 Å². The quantitative estimate of drug-likeness (QED) is 0.668. The summed E-state index contributed by atoms with van der Waals surface area (Å²) >= 11 is 0. The average molecular weight is 303 g/mol. The van der Waals surface area contributed by atoms with E-state index >= 15 is 0 Å². The lowest BCUT2D eigenvalue weighted by Crippen LogP contribution is -2.53. The Morgan fingerprint density at radius 3 is 1.78 bits per heavy atom. The summed E-state index contributed by atoms with van der Waals surface area (Å²) in [5, 5.41) is 1.60. The zero-order chi connectivity index (χ0) is 12.6. The Hall–Kier alpha value is -1.06. The summed E-state index contributed by atoms with van der Waals surface area (Å²) in [5.74, 6) is 0. The van der Waals surface area contributed by atoms with Crippen LogP contribution < -0.4 is 5.50 Å². The van der Waals surface area contributed by atoms with E-state index in [9.17, 15) is 19.0 Å². The molecule has 0 aromatic rings. The van der Waals surface area contributed by atoms with Crippen LogP contribution in [0.25, 0.3) is 0 Å². The van der Waals surface area contributed by atoms with Gasteiger partial charge in [0.05, 0.1) is 13.1 Å². The second kappa shape index (κ2) is 5.29. The minimum absolute atomic E-state index is 0. The van der Waals surface area contributed by atoms with Gasteiger partial charge in [-0.05, 0) is 4.89 Å². The minimum Gasteiger partial charge on any atom is -0.446 e. The monoisotopic (exact) mass is 302 g/mol. The van der Waals surface area contributed by atoms with Crippen molar-refractivity contribution in [3.8, 4) is 0 Å². The molecule has 2 aliphatic heterocycles. The van der Waals surface area contributed by atoms with Crippen LogP contribution >= 0.6 is 20.1 Å². The first-order valence-corrected chi connectivity index (χ1v) is 6.40. The molecule has 0 radical (unpaired) electrons. The van der Waals surface area contributed by atoms with Crippen LogP contribution in [-0.4, -0.2) is 58.3 Å². The largest absolute Gasteiger partial charge is 0.446 e. The number of nitrogens with two attached hydrogens (primary N) is 1. The predicted octanol–water partition coefficient (Wildman–Crippen LogP) is -0.496. The van der Waals surface area contributed by atoms with Crippen molar-refractivity contribution in [1.82, 2.24) is 14.9 Å². The summed E-state index contributed by atoms with van der Waals surface area (Å²) in [4.78, 5) is 32.5. The summed E-state index contributed by atoms with van der Waals surface area (Å²) in [6.45, 7) is 0.172. The first-order chi connectivity index (χ1) is 7.91. The maximum absolute atomic E-state index is 11.5. The zero-order valence-corrected chi connectivity index (χ0v) is 10.8. The molecular formula is C6H12ClN4O6P. The van der Waals surface area contributed by atoms with Crippen molar-refractivity contribution < 1.29 is 28.5 Å². The van der Waals surface area contributed by atoms with E-state index in [4.69, 9.17) is 5.50 Å². The molecule has 0 spiro atoms. The van der Waals surface area contributed by atoms with Crippen LogP contribution in [0.15, 0.2) is 0 Å². The van der Waals surface area contributed by atoms with E-state index < -0.39 is 19.9 Å². The molecule has 0 aromatic carbocycles. The van der Waals surface area contributed by atoms with Gasteiger partial charge in [0.2, 0.25) is 0 Å². The number of rotatable bonds is 3. The van der Waals surface area contributed by atoms with Crippen LogP contribution in [0.2, 0.25) is 0 Å². The summed E-state index contributed by atoms with van der Waals surface area (Å²) in [6.07, 6.45) is -1.69. The highest BCUT2D eigenvalue weighted by Gasteiger charge is 2.45. The van der Waals surface area contributed by atoms with Gasteiger partial charge in [-0.25, -0.2) is 25.1 Å². The minimum atomic E-state index is -4.37. The molecule has 2 rings (SSSR count). The molecule has 2 heterocycles. The molecule has 0 bridgehead atoms. The van der Waals surface area contributed by atoms with Crippen LogP contribution in [0.1, 0.15) is 0 Å². The summed E-state index contributed by atoms with van der Waals surface area (Å²) in [5.41, 5.74) is 5.10. The molecule has 18 heavy (non-hydrogen) atoms. The lowest BCUT2D eigenvalue weighted by molar-refractivity contribution is -0.0460. The number of carbonyl (C=O) groups is 2. The zero-order valence-electron chi connectivity index (χ0n) is 9.09. The van der Waals surface area contributed by atoms with Gasteiger partial charge in [-0.2, -0.15) is 0 Å². The Morgan fingerprint density at radius 2 is 1.56 bits per heavy atom. The van der Waals surface area contributed by atoms with E-state index in [1.54, 1.807) is 0 Å². The van der Waals surface area contributed by atoms with Crippen LogP contribution in [0, 0.1) is 0 Å².